The van der Waals surface area contributed by atoms with E-state index in [0.717, 1.165) is 6.54 Å². The molecule has 0 rings (SSSR count). The largest absolute Gasteiger partial charge is 0.271 e. The SMILES string of the molecule is C=C(C)CCCCCCCNN. The molecule has 0 saturated heterocycles. The number of allylic oxidation sites excluding steroid dienone is 1. The van der Waals surface area contributed by atoms with E-state index in [1.54, 1.807) is 0 Å². The molecular weight excluding hydrogens is 148 g/mol. The Bertz CT molecular complexity index is 110. The molecule has 0 radical (unpaired) electrons. The Morgan fingerprint density at radius 3 is 2.33 bits per heavy atom. The van der Waals surface area contributed by atoms with Gasteiger partial charge in [-0.05, 0) is 26.2 Å². The maximum atomic E-state index is 5.15. The molecule has 72 valence electrons. The number of hydrazine groups is 1. The molecule has 0 heterocycles. The van der Waals surface area contributed by atoms with E-state index in [9.17, 15) is 0 Å². The minimum atomic E-state index is 0.945. The first-order valence-electron chi connectivity index (χ1n) is 4.85. The molecule has 0 atom stereocenters. The van der Waals surface area contributed by atoms with Crippen LogP contribution in [-0.2, 0) is 0 Å². The number of hydrogen-bond donors (Lipinski definition) is 2. The Morgan fingerprint density at radius 1 is 1.17 bits per heavy atom. The molecule has 0 aromatic rings. The van der Waals surface area contributed by atoms with E-state index in [1.807, 2.05) is 0 Å². The Labute approximate surface area is 76.2 Å². The Balaban J connectivity index is 2.86. The van der Waals surface area contributed by atoms with Gasteiger partial charge in [-0.15, -0.1) is 6.58 Å². The van der Waals surface area contributed by atoms with Crippen molar-refractivity contribution in [2.45, 2.75) is 45.4 Å². The van der Waals surface area contributed by atoms with Crippen LogP contribution in [0.3, 0.4) is 0 Å². The smallest absolute Gasteiger partial charge is 0.00974 e. The molecule has 3 N–H and O–H groups in total. The summed E-state index contributed by atoms with van der Waals surface area (Å²) in [5, 5.41) is 0. The molecule has 0 bridgehead atoms. The summed E-state index contributed by atoms with van der Waals surface area (Å²) in [4.78, 5) is 0. The topological polar surface area (TPSA) is 38.0 Å². The summed E-state index contributed by atoms with van der Waals surface area (Å²) in [5.41, 5.74) is 3.97. The molecule has 0 aliphatic carbocycles. The summed E-state index contributed by atoms with van der Waals surface area (Å²) in [6.45, 7) is 6.92. The van der Waals surface area contributed by atoms with Gasteiger partial charge in [-0.2, -0.15) is 0 Å². The van der Waals surface area contributed by atoms with Crippen LogP contribution in [0.5, 0.6) is 0 Å². The predicted octanol–water partition coefficient (Wildman–Crippen LogP) is 2.37. The lowest BCUT2D eigenvalue weighted by Gasteiger charge is -2.00. The first-order chi connectivity index (χ1) is 5.77. The molecule has 2 heteroatoms. The van der Waals surface area contributed by atoms with E-state index in [2.05, 4.69) is 18.9 Å². The minimum Gasteiger partial charge on any atom is -0.271 e. The van der Waals surface area contributed by atoms with Crippen LogP contribution in [0.15, 0.2) is 12.2 Å². The summed E-state index contributed by atoms with van der Waals surface area (Å²) >= 11 is 0. The summed E-state index contributed by atoms with van der Waals surface area (Å²) < 4.78 is 0. The number of nitrogens with one attached hydrogen (secondary N) is 1. The average Bonchev–Trinajstić information content (AvgIpc) is 2.02. The fraction of sp³-hybridized carbons (Fsp3) is 0.800. The van der Waals surface area contributed by atoms with Gasteiger partial charge in [-0.25, -0.2) is 0 Å². The first kappa shape index (κ1) is 11.7. The van der Waals surface area contributed by atoms with Crippen molar-refractivity contribution >= 4 is 0 Å². The van der Waals surface area contributed by atoms with Crippen LogP contribution >= 0.6 is 0 Å². The summed E-state index contributed by atoms with van der Waals surface area (Å²) in [6.07, 6.45) is 7.64. The van der Waals surface area contributed by atoms with Gasteiger partial charge in [0, 0.05) is 6.54 Å². The van der Waals surface area contributed by atoms with E-state index in [0.29, 0.717) is 0 Å². The third kappa shape index (κ3) is 9.66. The lowest BCUT2D eigenvalue weighted by molar-refractivity contribution is 0.584. The highest BCUT2D eigenvalue weighted by molar-refractivity contribution is 4.86. The lowest BCUT2D eigenvalue weighted by Crippen LogP contribution is -2.22. The Kier molecular flexibility index (Phi) is 8.51. The number of rotatable bonds is 8. The van der Waals surface area contributed by atoms with Crippen molar-refractivity contribution in [2.24, 2.45) is 5.84 Å². The maximum Gasteiger partial charge on any atom is 0.00974 e. The quantitative estimate of drug-likeness (QED) is 0.254. The van der Waals surface area contributed by atoms with Crippen molar-refractivity contribution in [3.05, 3.63) is 12.2 Å². The number of hydrogen-bond acceptors (Lipinski definition) is 2. The molecule has 0 spiro atoms. The van der Waals surface area contributed by atoms with Crippen molar-refractivity contribution in [1.29, 1.82) is 0 Å². The highest BCUT2D eigenvalue weighted by Gasteiger charge is 1.90. The predicted molar refractivity (Wildman–Crippen MR) is 54.7 cm³/mol. The zero-order chi connectivity index (χ0) is 9.23. The van der Waals surface area contributed by atoms with E-state index >= 15 is 0 Å². The third-order valence-corrected chi connectivity index (χ3v) is 1.92. The second kappa shape index (κ2) is 8.75. The van der Waals surface area contributed by atoms with Crippen molar-refractivity contribution in [3.8, 4) is 0 Å². The van der Waals surface area contributed by atoms with Crippen LogP contribution in [-0.4, -0.2) is 6.54 Å². The van der Waals surface area contributed by atoms with Gasteiger partial charge < -0.3 is 0 Å². The molecule has 0 fully saturated rings. The van der Waals surface area contributed by atoms with Crippen molar-refractivity contribution in [2.75, 3.05) is 6.54 Å². The monoisotopic (exact) mass is 170 g/mol. The summed E-state index contributed by atoms with van der Waals surface area (Å²) in [6, 6.07) is 0. The van der Waals surface area contributed by atoms with Gasteiger partial charge in [-0.1, -0.05) is 24.8 Å². The molecule has 2 nitrogen and oxygen atoms in total. The molecule has 0 aromatic carbocycles. The van der Waals surface area contributed by atoms with Gasteiger partial charge in [0.15, 0.2) is 0 Å². The van der Waals surface area contributed by atoms with E-state index in [1.165, 1.54) is 44.1 Å². The standard InChI is InChI=1S/C10H22N2/c1-10(2)8-6-4-3-5-7-9-12-11/h12H,1,3-9,11H2,2H3. The normalized spacial score (nSPS) is 10.2. The first-order valence-corrected chi connectivity index (χ1v) is 4.85. The lowest BCUT2D eigenvalue weighted by atomic mass is 10.1. The molecule has 0 aromatic heterocycles. The van der Waals surface area contributed by atoms with E-state index < -0.39 is 0 Å². The van der Waals surface area contributed by atoms with Crippen LogP contribution in [0.25, 0.3) is 0 Å². The van der Waals surface area contributed by atoms with Crippen molar-refractivity contribution in [3.63, 3.8) is 0 Å². The Hall–Kier alpha value is -0.340. The second-order valence-electron chi connectivity index (χ2n) is 3.43. The molecule has 12 heavy (non-hydrogen) atoms. The fourth-order valence-corrected chi connectivity index (χ4v) is 1.18. The molecule has 0 amide bonds. The highest BCUT2D eigenvalue weighted by Crippen LogP contribution is 2.08. The fourth-order valence-electron chi connectivity index (χ4n) is 1.18. The zero-order valence-corrected chi connectivity index (χ0v) is 8.23. The summed E-state index contributed by atoms with van der Waals surface area (Å²) in [7, 11) is 0. The molecular formula is C10H22N2. The van der Waals surface area contributed by atoms with Gasteiger partial charge in [0.25, 0.3) is 0 Å². The maximum absolute atomic E-state index is 5.15. The zero-order valence-electron chi connectivity index (χ0n) is 8.23. The van der Waals surface area contributed by atoms with Crippen LogP contribution in [0, 0.1) is 0 Å². The van der Waals surface area contributed by atoms with Crippen molar-refractivity contribution < 1.29 is 0 Å². The van der Waals surface area contributed by atoms with E-state index in [-0.39, 0.29) is 0 Å². The van der Waals surface area contributed by atoms with Gasteiger partial charge in [0.05, 0.1) is 0 Å². The average molecular weight is 170 g/mol. The van der Waals surface area contributed by atoms with Crippen LogP contribution in [0.2, 0.25) is 0 Å². The van der Waals surface area contributed by atoms with Gasteiger partial charge in [0.1, 0.15) is 0 Å². The third-order valence-electron chi connectivity index (χ3n) is 1.92. The van der Waals surface area contributed by atoms with Crippen LogP contribution in [0.1, 0.15) is 45.4 Å². The molecule has 0 aliphatic heterocycles. The van der Waals surface area contributed by atoms with Gasteiger partial charge in [0.2, 0.25) is 0 Å². The highest BCUT2D eigenvalue weighted by atomic mass is 15.2. The second-order valence-corrected chi connectivity index (χ2v) is 3.43. The van der Waals surface area contributed by atoms with E-state index in [4.69, 9.17) is 5.84 Å². The number of unbranched alkanes of at least 4 members (excludes halogenated alkanes) is 4. The molecule has 0 aliphatic rings. The van der Waals surface area contributed by atoms with Crippen LogP contribution in [0.4, 0.5) is 0 Å². The van der Waals surface area contributed by atoms with Crippen molar-refractivity contribution in [1.82, 2.24) is 5.43 Å². The number of nitrogens with two attached hydrogens (primary N) is 1. The van der Waals surface area contributed by atoms with Gasteiger partial charge >= 0.3 is 0 Å². The molecule has 0 unspecified atom stereocenters. The molecule has 0 saturated carbocycles. The minimum absolute atomic E-state index is 0.945. The summed E-state index contributed by atoms with van der Waals surface area (Å²) in [5.74, 6) is 5.15. The van der Waals surface area contributed by atoms with Crippen LogP contribution < -0.4 is 11.3 Å². The Morgan fingerprint density at radius 2 is 1.75 bits per heavy atom. The van der Waals surface area contributed by atoms with Gasteiger partial charge in [-0.3, -0.25) is 11.3 Å².